The molecule has 3 atom stereocenters. The third-order valence-electron chi connectivity index (χ3n) is 7.94. The van der Waals surface area contributed by atoms with Crippen molar-refractivity contribution in [3.05, 3.63) is 144 Å². The predicted molar refractivity (Wildman–Crippen MR) is 179 cm³/mol. The molecule has 0 fully saturated rings. The minimum absolute atomic E-state index is 0.209. The Labute approximate surface area is 266 Å². The Balaban J connectivity index is 1.23. The largest absolute Gasteiger partial charge is 0.462 e. The van der Waals surface area contributed by atoms with Crippen molar-refractivity contribution in [1.29, 1.82) is 0 Å². The van der Waals surface area contributed by atoms with E-state index in [2.05, 4.69) is 0 Å². The molecular formula is C38H29BO7. The van der Waals surface area contributed by atoms with Gasteiger partial charge in [-0.15, -0.1) is 0 Å². The van der Waals surface area contributed by atoms with Crippen molar-refractivity contribution in [3.8, 4) is 0 Å². The van der Waals surface area contributed by atoms with Crippen LogP contribution in [0, 0.1) is 0 Å². The lowest BCUT2D eigenvalue weighted by Crippen LogP contribution is -2.41. The summed E-state index contributed by atoms with van der Waals surface area (Å²) in [6, 6.07) is 38.2. The van der Waals surface area contributed by atoms with Gasteiger partial charge in [-0.3, -0.25) is 4.79 Å². The molecule has 0 aliphatic carbocycles. The van der Waals surface area contributed by atoms with Gasteiger partial charge in [0, 0.05) is 5.82 Å². The summed E-state index contributed by atoms with van der Waals surface area (Å²) in [6.45, 7) is -0.209. The van der Waals surface area contributed by atoms with Crippen molar-refractivity contribution in [2.45, 2.75) is 18.0 Å². The zero-order chi connectivity index (χ0) is 32.0. The van der Waals surface area contributed by atoms with Crippen LogP contribution in [0.4, 0.5) is 0 Å². The van der Waals surface area contributed by atoms with Crippen LogP contribution in [0.5, 0.6) is 0 Å². The van der Waals surface area contributed by atoms with Gasteiger partial charge in [0.1, 0.15) is 14.0 Å². The minimum Gasteiger partial charge on any atom is -0.462 e. The molecule has 0 radical (unpaired) electrons. The smallest absolute Gasteiger partial charge is 0.338 e. The molecule has 0 aliphatic rings. The van der Waals surface area contributed by atoms with E-state index in [0.29, 0.717) is 11.8 Å². The maximum absolute atomic E-state index is 13.4. The summed E-state index contributed by atoms with van der Waals surface area (Å²) in [5.41, 5.74) is 0.848. The lowest BCUT2D eigenvalue weighted by atomic mass is 9.80. The molecule has 0 unspecified atom stereocenters. The second-order valence-electron chi connectivity index (χ2n) is 11.1. The SMILES string of the molecule is B[C@H](COC(=O)c1ccc2ccccc2c1)[C@H](OC(=O)c1ccc2ccccc2c1)[C@H](C=O)OC(=O)c1ccc2ccccc2c1. The highest BCUT2D eigenvalue weighted by Crippen LogP contribution is 2.24. The molecule has 0 aromatic heterocycles. The molecule has 6 aromatic carbocycles. The maximum Gasteiger partial charge on any atom is 0.338 e. The molecular weight excluding hydrogens is 579 g/mol. The standard InChI is InChI=1S/C38H29BO7/c39-33(23-44-36(41)30-16-13-24-7-1-4-10-27(24)19-30)35(46-38(43)32-18-15-26-9-3-6-12-29(26)21-32)34(22-40)45-37(42)31-17-14-25-8-2-5-11-28(25)20-31/h1-22,33-35H,23,39H2/t33-,34+,35+/m1/s1. The van der Waals surface area contributed by atoms with Gasteiger partial charge >= 0.3 is 17.9 Å². The average Bonchev–Trinajstić information content (AvgIpc) is 3.10. The van der Waals surface area contributed by atoms with Crippen molar-refractivity contribution in [2.24, 2.45) is 0 Å². The third-order valence-corrected chi connectivity index (χ3v) is 7.94. The van der Waals surface area contributed by atoms with Crippen molar-refractivity contribution >= 4 is 64.4 Å². The molecule has 0 aliphatic heterocycles. The van der Waals surface area contributed by atoms with E-state index in [4.69, 9.17) is 14.2 Å². The molecule has 0 N–H and O–H groups in total. The van der Waals surface area contributed by atoms with Crippen LogP contribution in [0.25, 0.3) is 32.3 Å². The summed E-state index contributed by atoms with van der Waals surface area (Å²) in [5, 5.41) is 5.41. The number of fused-ring (bicyclic) bond motifs is 3. The van der Waals surface area contributed by atoms with Crippen LogP contribution >= 0.6 is 0 Å². The van der Waals surface area contributed by atoms with E-state index in [9.17, 15) is 19.2 Å². The number of carbonyl (C=O) groups is 4. The fraction of sp³-hybridized carbons (Fsp3) is 0.105. The van der Waals surface area contributed by atoms with Gasteiger partial charge in [-0.25, -0.2) is 14.4 Å². The first-order chi connectivity index (χ1) is 22.4. The van der Waals surface area contributed by atoms with Gasteiger partial charge in [0.15, 0.2) is 12.4 Å². The summed E-state index contributed by atoms with van der Waals surface area (Å²) in [6.07, 6.45) is -2.30. The van der Waals surface area contributed by atoms with E-state index in [1.807, 2.05) is 78.9 Å². The Bertz CT molecular complexity index is 2090. The minimum atomic E-state index is -1.47. The second kappa shape index (κ2) is 13.5. The van der Waals surface area contributed by atoms with Gasteiger partial charge in [0.25, 0.3) is 0 Å². The number of hydrogen-bond donors (Lipinski definition) is 0. The number of rotatable bonds is 10. The van der Waals surface area contributed by atoms with E-state index in [1.54, 1.807) is 56.4 Å². The van der Waals surface area contributed by atoms with Crippen LogP contribution in [-0.2, 0) is 19.0 Å². The monoisotopic (exact) mass is 608 g/mol. The van der Waals surface area contributed by atoms with E-state index in [-0.39, 0.29) is 17.7 Å². The number of benzene rings is 6. The first-order valence-electron chi connectivity index (χ1n) is 14.9. The van der Waals surface area contributed by atoms with Crippen molar-refractivity contribution in [2.75, 3.05) is 6.61 Å². The number of aldehydes is 1. The molecule has 0 saturated carbocycles. The second-order valence-corrected chi connectivity index (χ2v) is 11.1. The fourth-order valence-corrected chi connectivity index (χ4v) is 5.40. The Morgan fingerprint density at radius 2 is 0.935 bits per heavy atom. The molecule has 0 amide bonds. The molecule has 226 valence electrons. The maximum atomic E-state index is 13.4. The van der Waals surface area contributed by atoms with Gasteiger partial charge in [0.05, 0.1) is 23.3 Å². The molecule has 0 bridgehead atoms. The molecule has 7 nitrogen and oxygen atoms in total. The van der Waals surface area contributed by atoms with Crippen LogP contribution < -0.4 is 0 Å². The van der Waals surface area contributed by atoms with Crippen LogP contribution in [0.15, 0.2) is 127 Å². The fourth-order valence-electron chi connectivity index (χ4n) is 5.40. The highest BCUT2D eigenvalue weighted by atomic mass is 16.6. The summed E-state index contributed by atoms with van der Waals surface area (Å²) in [4.78, 5) is 52.1. The molecule has 0 heterocycles. The molecule has 46 heavy (non-hydrogen) atoms. The summed E-state index contributed by atoms with van der Waals surface area (Å²) >= 11 is 0. The number of esters is 3. The first kappa shape index (κ1) is 30.3. The summed E-state index contributed by atoms with van der Waals surface area (Å²) in [5.74, 6) is -2.77. The van der Waals surface area contributed by atoms with Gasteiger partial charge in [-0.05, 0) is 68.7 Å². The topological polar surface area (TPSA) is 96.0 Å². The number of ether oxygens (including phenoxy) is 3. The molecule has 0 saturated heterocycles. The first-order valence-corrected chi connectivity index (χ1v) is 14.9. The van der Waals surface area contributed by atoms with Gasteiger partial charge in [0.2, 0.25) is 0 Å². The van der Waals surface area contributed by atoms with E-state index in [1.165, 1.54) is 0 Å². The quantitative estimate of drug-likeness (QED) is 0.0772. The van der Waals surface area contributed by atoms with Gasteiger partial charge in [-0.2, -0.15) is 0 Å². The third kappa shape index (κ3) is 6.66. The van der Waals surface area contributed by atoms with E-state index >= 15 is 0 Å². The molecule has 6 rings (SSSR count). The highest BCUT2D eigenvalue weighted by molar-refractivity contribution is 6.13. The van der Waals surface area contributed by atoms with Crippen LogP contribution in [0.1, 0.15) is 31.1 Å². The molecule has 6 aromatic rings. The summed E-state index contributed by atoms with van der Waals surface area (Å²) in [7, 11) is 1.66. The lowest BCUT2D eigenvalue weighted by molar-refractivity contribution is -0.122. The zero-order valence-electron chi connectivity index (χ0n) is 25.0. The average molecular weight is 608 g/mol. The Kier molecular flexibility index (Phi) is 8.88. The Morgan fingerprint density at radius 3 is 1.37 bits per heavy atom. The zero-order valence-corrected chi connectivity index (χ0v) is 25.0. The van der Waals surface area contributed by atoms with Crippen molar-refractivity contribution < 1.29 is 33.4 Å². The van der Waals surface area contributed by atoms with E-state index < -0.39 is 35.9 Å². The lowest BCUT2D eigenvalue weighted by Gasteiger charge is -2.28. The van der Waals surface area contributed by atoms with Crippen molar-refractivity contribution in [1.82, 2.24) is 0 Å². The van der Waals surface area contributed by atoms with E-state index in [0.717, 1.165) is 32.3 Å². The van der Waals surface area contributed by atoms with Crippen molar-refractivity contribution in [3.63, 3.8) is 0 Å². The Hall–Kier alpha value is -5.76. The number of hydrogen-bond acceptors (Lipinski definition) is 7. The highest BCUT2D eigenvalue weighted by Gasteiger charge is 2.35. The summed E-state index contributed by atoms with van der Waals surface area (Å²) < 4.78 is 17.1. The predicted octanol–water partition coefficient (Wildman–Crippen LogP) is 6.37. The van der Waals surface area contributed by atoms with Crippen LogP contribution in [0.3, 0.4) is 0 Å². The molecule has 0 spiro atoms. The Morgan fingerprint density at radius 1 is 0.543 bits per heavy atom. The van der Waals surface area contributed by atoms with Crippen LogP contribution in [0.2, 0.25) is 5.82 Å². The normalized spacial score (nSPS) is 13.0. The van der Waals surface area contributed by atoms with Gasteiger partial charge in [-0.1, -0.05) is 91.0 Å². The molecule has 8 heteroatoms. The number of carbonyl (C=O) groups excluding carboxylic acids is 4. The van der Waals surface area contributed by atoms with Crippen LogP contribution in [-0.4, -0.2) is 50.9 Å². The van der Waals surface area contributed by atoms with Gasteiger partial charge < -0.3 is 14.2 Å².